The van der Waals surface area contributed by atoms with Crippen molar-refractivity contribution in [2.75, 3.05) is 25.1 Å². The number of amides is 1. The lowest BCUT2D eigenvalue weighted by Gasteiger charge is -2.22. The summed E-state index contributed by atoms with van der Waals surface area (Å²) in [6.07, 6.45) is 5.84. The molecule has 1 heterocycles. The molecule has 6 heteroatoms. The van der Waals surface area contributed by atoms with E-state index < -0.39 is 0 Å². The third kappa shape index (κ3) is 5.86. The highest BCUT2D eigenvalue weighted by Gasteiger charge is 2.26. The lowest BCUT2D eigenvalue weighted by molar-refractivity contribution is -0.117. The van der Waals surface area contributed by atoms with Crippen molar-refractivity contribution in [2.45, 2.75) is 51.5 Å². The summed E-state index contributed by atoms with van der Waals surface area (Å²) in [5.41, 5.74) is 7.95. The van der Waals surface area contributed by atoms with E-state index in [1.54, 1.807) is 0 Å². The lowest BCUT2D eigenvalue weighted by atomic mass is 10.00. The second-order valence-electron chi connectivity index (χ2n) is 7.45. The number of rotatable bonds is 6. The molecule has 3 N–H and O–H groups in total. The fourth-order valence-corrected chi connectivity index (χ4v) is 3.72. The van der Waals surface area contributed by atoms with Crippen LogP contribution in [0.25, 0.3) is 0 Å². The fraction of sp³-hybridized carbons (Fsp3) is 0.650. The maximum absolute atomic E-state index is 12.3. The molecular formula is C20H31ClN2O3. The molecule has 1 aliphatic carbocycles. The standard InChI is InChI=1S/C20H30N2O3.ClH/c1-14-5-6-17(22-20(23)11-16-3-2-4-18(16)21)12-19(14)25-13-15-7-9-24-10-8-15;/h5-6,12,15-16,18H,2-4,7-11,13,21H2,1H3,(H,22,23);1H/t16-,18+;/m0./s1. The predicted octanol–water partition coefficient (Wildman–Crippen LogP) is 3.68. The molecule has 0 spiro atoms. The number of nitrogens with one attached hydrogen (secondary N) is 1. The second-order valence-corrected chi connectivity index (χ2v) is 7.45. The van der Waals surface area contributed by atoms with E-state index in [4.69, 9.17) is 15.2 Å². The summed E-state index contributed by atoms with van der Waals surface area (Å²) in [7, 11) is 0. The van der Waals surface area contributed by atoms with Crippen molar-refractivity contribution in [1.29, 1.82) is 0 Å². The van der Waals surface area contributed by atoms with E-state index in [2.05, 4.69) is 5.32 Å². The highest BCUT2D eigenvalue weighted by Crippen LogP contribution is 2.28. The van der Waals surface area contributed by atoms with Crippen LogP contribution in [0.5, 0.6) is 5.75 Å². The van der Waals surface area contributed by atoms with Crippen LogP contribution >= 0.6 is 12.4 Å². The Balaban J connectivity index is 0.00000243. The Labute approximate surface area is 162 Å². The molecule has 1 aromatic carbocycles. The Bertz CT molecular complexity index is 590. The van der Waals surface area contributed by atoms with E-state index in [9.17, 15) is 4.79 Å². The number of halogens is 1. The monoisotopic (exact) mass is 382 g/mol. The zero-order chi connectivity index (χ0) is 17.6. The average molecular weight is 383 g/mol. The Morgan fingerprint density at radius 2 is 2.04 bits per heavy atom. The van der Waals surface area contributed by atoms with Gasteiger partial charge in [-0.25, -0.2) is 0 Å². The first-order valence-electron chi connectivity index (χ1n) is 9.48. The summed E-state index contributed by atoms with van der Waals surface area (Å²) in [5.74, 6) is 1.76. The highest BCUT2D eigenvalue weighted by atomic mass is 35.5. The minimum atomic E-state index is 0. The predicted molar refractivity (Wildman–Crippen MR) is 106 cm³/mol. The molecule has 3 rings (SSSR count). The van der Waals surface area contributed by atoms with Crippen LogP contribution in [-0.2, 0) is 9.53 Å². The Morgan fingerprint density at radius 3 is 2.73 bits per heavy atom. The van der Waals surface area contributed by atoms with Gasteiger partial charge in [0.05, 0.1) is 6.61 Å². The average Bonchev–Trinajstić information content (AvgIpc) is 3.01. The van der Waals surface area contributed by atoms with E-state index >= 15 is 0 Å². The van der Waals surface area contributed by atoms with E-state index in [1.807, 2.05) is 25.1 Å². The number of ether oxygens (including phenoxy) is 2. The Morgan fingerprint density at radius 1 is 1.27 bits per heavy atom. The molecule has 1 aliphatic heterocycles. The van der Waals surface area contributed by atoms with Crippen molar-refractivity contribution in [3.63, 3.8) is 0 Å². The molecule has 2 aliphatic rings. The minimum absolute atomic E-state index is 0. The molecule has 2 fully saturated rings. The van der Waals surface area contributed by atoms with Crippen molar-refractivity contribution < 1.29 is 14.3 Å². The zero-order valence-electron chi connectivity index (χ0n) is 15.5. The maximum Gasteiger partial charge on any atom is 0.224 e. The van der Waals surface area contributed by atoms with E-state index in [0.29, 0.717) is 24.9 Å². The van der Waals surface area contributed by atoms with Gasteiger partial charge in [-0.15, -0.1) is 12.4 Å². The smallest absolute Gasteiger partial charge is 0.224 e. The zero-order valence-corrected chi connectivity index (χ0v) is 16.4. The molecule has 1 aromatic rings. The molecular weight excluding hydrogens is 352 g/mol. The molecule has 1 amide bonds. The van der Waals surface area contributed by atoms with Crippen LogP contribution in [0.2, 0.25) is 0 Å². The van der Waals surface area contributed by atoms with Gasteiger partial charge < -0.3 is 20.5 Å². The quantitative estimate of drug-likeness (QED) is 0.787. The number of aryl methyl sites for hydroxylation is 1. The lowest BCUT2D eigenvalue weighted by Crippen LogP contribution is -2.28. The minimum Gasteiger partial charge on any atom is -0.493 e. The van der Waals surface area contributed by atoms with Crippen LogP contribution < -0.4 is 15.8 Å². The number of benzene rings is 1. The topological polar surface area (TPSA) is 73.6 Å². The molecule has 1 saturated heterocycles. The summed E-state index contributed by atoms with van der Waals surface area (Å²) in [6.45, 7) is 4.39. The number of anilines is 1. The van der Waals surface area contributed by atoms with Crippen LogP contribution in [0.15, 0.2) is 18.2 Å². The van der Waals surface area contributed by atoms with Gasteiger partial charge in [-0.2, -0.15) is 0 Å². The first-order chi connectivity index (χ1) is 12.1. The van der Waals surface area contributed by atoms with Crippen LogP contribution in [-0.4, -0.2) is 31.8 Å². The van der Waals surface area contributed by atoms with Crippen LogP contribution in [0, 0.1) is 18.8 Å². The van der Waals surface area contributed by atoms with Gasteiger partial charge in [0.2, 0.25) is 5.91 Å². The van der Waals surface area contributed by atoms with Gasteiger partial charge in [0, 0.05) is 37.4 Å². The van der Waals surface area contributed by atoms with Crippen molar-refractivity contribution in [1.82, 2.24) is 0 Å². The normalized spacial score (nSPS) is 23.3. The van der Waals surface area contributed by atoms with Gasteiger partial charge >= 0.3 is 0 Å². The summed E-state index contributed by atoms with van der Waals surface area (Å²) >= 11 is 0. The molecule has 0 unspecified atom stereocenters. The van der Waals surface area contributed by atoms with Crippen molar-refractivity contribution in [2.24, 2.45) is 17.6 Å². The van der Waals surface area contributed by atoms with Gasteiger partial charge in [-0.05, 0) is 56.1 Å². The van der Waals surface area contributed by atoms with Gasteiger partial charge in [0.1, 0.15) is 5.75 Å². The number of hydrogen-bond donors (Lipinski definition) is 2. The molecule has 1 saturated carbocycles. The Hall–Kier alpha value is -1.30. The largest absolute Gasteiger partial charge is 0.493 e. The molecule has 0 bridgehead atoms. The van der Waals surface area contributed by atoms with Crippen LogP contribution in [0.1, 0.15) is 44.1 Å². The van der Waals surface area contributed by atoms with E-state index in [1.165, 1.54) is 0 Å². The molecule has 0 aromatic heterocycles. The number of carbonyl (C=O) groups excluding carboxylic acids is 1. The van der Waals surface area contributed by atoms with Gasteiger partial charge in [0.25, 0.3) is 0 Å². The third-order valence-electron chi connectivity index (χ3n) is 5.45. The van der Waals surface area contributed by atoms with E-state index in [0.717, 1.165) is 62.3 Å². The molecule has 5 nitrogen and oxygen atoms in total. The second kappa shape index (κ2) is 10.1. The summed E-state index contributed by atoms with van der Waals surface area (Å²) in [4.78, 5) is 12.3. The molecule has 0 radical (unpaired) electrons. The van der Waals surface area contributed by atoms with Gasteiger partial charge in [-0.3, -0.25) is 4.79 Å². The van der Waals surface area contributed by atoms with Crippen LogP contribution in [0.3, 0.4) is 0 Å². The van der Waals surface area contributed by atoms with Crippen molar-refractivity contribution in [3.05, 3.63) is 23.8 Å². The summed E-state index contributed by atoms with van der Waals surface area (Å²) in [6, 6.07) is 6.03. The molecule has 146 valence electrons. The first-order valence-corrected chi connectivity index (χ1v) is 9.48. The van der Waals surface area contributed by atoms with Crippen LogP contribution in [0.4, 0.5) is 5.69 Å². The fourth-order valence-electron chi connectivity index (χ4n) is 3.72. The number of carbonyl (C=O) groups is 1. The third-order valence-corrected chi connectivity index (χ3v) is 5.45. The van der Waals surface area contributed by atoms with Crippen molar-refractivity contribution in [3.8, 4) is 5.75 Å². The molecule has 26 heavy (non-hydrogen) atoms. The summed E-state index contributed by atoms with van der Waals surface area (Å²) < 4.78 is 11.4. The van der Waals surface area contributed by atoms with Gasteiger partial charge in [-0.1, -0.05) is 12.5 Å². The Kier molecular flexibility index (Phi) is 8.19. The van der Waals surface area contributed by atoms with Gasteiger partial charge in [0.15, 0.2) is 0 Å². The molecule has 2 atom stereocenters. The first kappa shape index (κ1) is 21.0. The maximum atomic E-state index is 12.3. The number of hydrogen-bond acceptors (Lipinski definition) is 4. The highest BCUT2D eigenvalue weighted by molar-refractivity contribution is 5.91. The summed E-state index contributed by atoms with van der Waals surface area (Å²) in [5, 5.41) is 3.00. The van der Waals surface area contributed by atoms with E-state index in [-0.39, 0.29) is 24.4 Å². The number of nitrogens with two attached hydrogens (primary N) is 1. The van der Waals surface area contributed by atoms with Crippen molar-refractivity contribution >= 4 is 24.0 Å². The SMILES string of the molecule is Cc1ccc(NC(=O)C[C@@H]2CCC[C@H]2N)cc1OCC1CCOCC1.Cl.